The molecular weight excluding hydrogens is 432 g/mol. The molecule has 0 aromatic heterocycles. The lowest BCUT2D eigenvalue weighted by Crippen LogP contribution is -2.51. The van der Waals surface area contributed by atoms with Crippen molar-refractivity contribution in [1.82, 2.24) is 14.7 Å². The third kappa shape index (κ3) is 6.82. The van der Waals surface area contributed by atoms with Crippen LogP contribution in [0.15, 0.2) is 52.3 Å². The van der Waals surface area contributed by atoms with Crippen LogP contribution in [0.5, 0.6) is 0 Å². The van der Waals surface area contributed by atoms with Gasteiger partial charge in [-0.25, -0.2) is 0 Å². The average molecular weight is 467 g/mol. The maximum atomic E-state index is 12.5. The Morgan fingerprint density at radius 3 is 2.12 bits per heavy atom. The van der Waals surface area contributed by atoms with Gasteiger partial charge in [0.2, 0.25) is 11.8 Å². The Balaban J connectivity index is 1.19. The van der Waals surface area contributed by atoms with E-state index < -0.39 is 0 Å². The first kappa shape index (κ1) is 23.8. The van der Waals surface area contributed by atoms with Gasteiger partial charge < -0.3 is 10.2 Å². The molecule has 6 nitrogen and oxygen atoms in total. The van der Waals surface area contributed by atoms with Gasteiger partial charge in [0.05, 0.1) is 13.1 Å². The first-order valence-electron chi connectivity index (χ1n) is 11.8. The topological polar surface area (TPSA) is 55.9 Å². The van der Waals surface area contributed by atoms with E-state index in [1.165, 1.54) is 16.0 Å². The van der Waals surface area contributed by atoms with E-state index in [4.69, 9.17) is 0 Å². The first-order chi connectivity index (χ1) is 16.0. The van der Waals surface area contributed by atoms with Gasteiger partial charge >= 0.3 is 0 Å². The third-order valence-corrected chi connectivity index (χ3v) is 7.53. The largest absolute Gasteiger partial charge is 0.342 e. The van der Waals surface area contributed by atoms with Crippen molar-refractivity contribution in [3.05, 3.63) is 53.6 Å². The predicted molar refractivity (Wildman–Crippen MR) is 134 cm³/mol. The molecule has 176 valence electrons. The van der Waals surface area contributed by atoms with Crippen LogP contribution >= 0.6 is 11.8 Å². The van der Waals surface area contributed by atoms with Gasteiger partial charge in [-0.15, -0.1) is 0 Å². The Labute approximate surface area is 201 Å². The van der Waals surface area contributed by atoms with Gasteiger partial charge in [0.25, 0.3) is 0 Å². The second-order valence-electron chi connectivity index (χ2n) is 9.08. The maximum Gasteiger partial charge on any atom is 0.238 e. The molecule has 0 saturated carbocycles. The van der Waals surface area contributed by atoms with Crippen LogP contribution in [0, 0.1) is 13.8 Å². The van der Waals surface area contributed by atoms with Crippen molar-refractivity contribution in [3.63, 3.8) is 0 Å². The number of likely N-dealkylation sites (tertiary alicyclic amines) is 1. The minimum absolute atomic E-state index is 0.00590. The lowest BCUT2D eigenvalue weighted by atomic mass is 10.2. The van der Waals surface area contributed by atoms with Crippen LogP contribution < -0.4 is 5.32 Å². The molecular formula is C26H34N4O2S. The fourth-order valence-electron chi connectivity index (χ4n) is 4.41. The molecule has 2 aliphatic heterocycles. The summed E-state index contributed by atoms with van der Waals surface area (Å²) in [4.78, 5) is 33.6. The molecule has 2 aromatic carbocycles. The summed E-state index contributed by atoms with van der Waals surface area (Å²) in [7, 11) is 0. The fraction of sp³-hybridized carbons (Fsp3) is 0.462. The van der Waals surface area contributed by atoms with Gasteiger partial charge in [-0.1, -0.05) is 29.5 Å². The van der Waals surface area contributed by atoms with Crippen molar-refractivity contribution in [2.75, 3.05) is 57.7 Å². The number of carbonyl (C=O) groups is 2. The van der Waals surface area contributed by atoms with Crippen LogP contribution in [0.4, 0.5) is 5.69 Å². The molecule has 33 heavy (non-hydrogen) atoms. The Morgan fingerprint density at radius 2 is 1.48 bits per heavy atom. The number of benzene rings is 2. The molecule has 2 amide bonds. The zero-order valence-electron chi connectivity index (χ0n) is 19.7. The van der Waals surface area contributed by atoms with Crippen LogP contribution in [0.25, 0.3) is 0 Å². The molecule has 2 heterocycles. The predicted octanol–water partition coefficient (Wildman–Crippen LogP) is 3.63. The van der Waals surface area contributed by atoms with E-state index in [1.54, 1.807) is 11.8 Å². The van der Waals surface area contributed by atoms with E-state index >= 15 is 0 Å². The second-order valence-corrected chi connectivity index (χ2v) is 10.2. The normalized spacial score (nSPS) is 17.3. The minimum atomic E-state index is 0.00590. The van der Waals surface area contributed by atoms with Crippen molar-refractivity contribution in [3.8, 4) is 0 Å². The number of aryl methyl sites for hydroxylation is 2. The zero-order chi connectivity index (χ0) is 23.2. The monoisotopic (exact) mass is 466 g/mol. The summed E-state index contributed by atoms with van der Waals surface area (Å²) in [6.45, 7) is 10.2. The average Bonchev–Trinajstić information content (AvgIpc) is 3.33. The summed E-state index contributed by atoms with van der Waals surface area (Å²) in [5.74, 6) is 0.254. The Morgan fingerprint density at radius 1 is 0.848 bits per heavy atom. The molecule has 2 saturated heterocycles. The van der Waals surface area contributed by atoms with Crippen molar-refractivity contribution in [2.24, 2.45) is 0 Å². The fourth-order valence-corrected chi connectivity index (χ4v) is 5.30. The number of piperazine rings is 1. The zero-order valence-corrected chi connectivity index (χ0v) is 20.5. The summed E-state index contributed by atoms with van der Waals surface area (Å²) in [5.41, 5.74) is 3.37. The summed E-state index contributed by atoms with van der Waals surface area (Å²) < 4.78 is 0. The standard InChI is InChI=1S/C26H34N4O2S/c1-20-5-10-24(21(2)17-20)33-23-8-6-22(7-9-23)27-25(31)18-28-13-15-29(16-14-28)19-26(32)30-11-3-4-12-30/h5-10,17H,3-4,11-16,18-19H2,1-2H3,(H,27,31). The molecule has 7 heteroatoms. The molecule has 2 fully saturated rings. The van der Waals surface area contributed by atoms with Crippen molar-refractivity contribution in [2.45, 2.75) is 36.5 Å². The van der Waals surface area contributed by atoms with Gasteiger partial charge in [-0.3, -0.25) is 19.4 Å². The molecule has 0 bridgehead atoms. The molecule has 0 unspecified atom stereocenters. The number of nitrogens with one attached hydrogen (secondary N) is 1. The quantitative estimate of drug-likeness (QED) is 0.675. The van der Waals surface area contributed by atoms with E-state index in [-0.39, 0.29) is 11.8 Å². The van der Waals surface area contributed by atoms with Gasteiger partial charge in [0, 0.05) is 54.7 Å². The van der Waals surface area contributed by atoms with Crippen molar-refractivity contribution in [1.29, 1.82) is 0 Å². The van der Waals surface area contributed by atoms with Crippen LogP contribution in [-0.4, -0.2) is 78.9 Å². The van der Waals surface area contributed by atoms with E-state index in [0.29, 0.717) is 13.1 Å². The minimum Gasteiger partial charge on any atom is -0.342 e. The number of anilines is 1. The van der Waals surface area contributed by atoms with Gasteiger partial charge in [-0.2, -0.15) is 0 Å². The van der Waals surface area contributed by atoms with Crippen LogP contribution in [0.1, 0.15) is 24.0 Å². The van der Waals surface area contributed by atoms with Crippen LogP contribution in [0.2, 0.25) is 0 Å². The molecule has 0 aliphatic carbocycles. The summed E-state index contributed by atoms with van der Waals surface area (Å²) >= 11 is 1.74. The first-order valence-corrected chi connectivity index (χ1v) is 12.7. The Bertz CT molecular complexity index is 965. The molecule has 4 rings (SSSR count). The van der Waals surface area contributed by atoms with Gasteiger partial charge in [0.15, 0.2) is 0 Å². The third-order valence-electron chi connectivity index (χ3n) is 6.35. The molecule has 2 aromatic rings. The lowest BCUT2D eigenvalue weighted by molar-refractivity contribution is -0.132. The highest BCUT2D eigenvalue weighted by Crippen LogP contribution is 2.31. The highest BCUT2D eigenvalue weighted by Gasteiger charge is 2.24. The van der Waals surface area contributed by atoms with E-state index in [0.717, 1.165) is 62.7 Å². The van der Waals surface area contributed by atoms with Crippen LogP contribution in [-0.2, 0) is 9.59 Å². The molecule has 1 N–H and O–H groups in total. The van der Waals surface area contributed by atoms with E-state index in [1.807, 2.05) is 17.0 Å². The maximum absolute atomic E-state index is 12.5. The smallest absolute Gasteiger partial charge is 0.238 e. The second kappa shape index (κ2) is 11.2. The van der Waals surface area contributed by atoms with Gasteiger partial charge in [-0.05, 0) is 62.6 Å². The van der Waals surface area contributed by atoms with E-state index in [2.05, 4.69) is 59.3 Å². The number of carbonyl (C=O) groups excluding carboxylic acids is 2. The number of hydrogen-bond acceptors (Lipinski definition) is 5. The van der Waals surface area contributed by atoms with Crippen molar-refractivity contribution >= 4 is 29.3 Å². The van der Waals surface area contributed by atoms with Gasteiger partial charge in [0.1, 0.15) is 0 Å². The highest BCUT2D eigenvalue weighted by molar-refractivity contribution is 7.99. The number of nitrogens with zero attached hydrogens (tertiary/aromatic N) is 3. The van der Waals surface area contributed by atoms with Crippen LogP contribution in [0.3, 0.4) is 0 Å². The summed E-state index contributed by atoms with van der Waals surface area (Å²) in [5, 5.41) is 3.02. The molecule has 0 atom stereocenters. The number of amides is 2. The summed E-state index contributed by atoms with van der Waals surface area (Å²) in [6.07, 6.45) is 2.26. The molecule has 2 aliphatic rings. The Kier molecular flexibility index (Phi) is 8.06. The Hall–Kier alpha value is -2.35. The lowest BCUT2D eigenvalue weighted by Gasteiger charge is -2.34. The SMILES string of the molecule is Cc1ccc(Sc2ccc(NC(=O)CN3CCN(CC(=O)N4CCCC4)CC3)cc2)c(C)c1. The number of rotatable bonds is 7. The van der Waals surface area contributed by atoms with E-state index in [9.17, 15) is 9.59 Å². The molecule has 0 radical (unpaired) electrons. The molecule has 0 spiro atoms. The van der Waals surface area contributed by atoms with Crippen molar-refractivity contribution < 1.29 is 9.59 Å². The number of hydrogen-bond donors (Lipinski definition) is 1. The summed E-state index contributed by atoms with van der Waals surface area (Å²) in [6, 6.07) is 14.5. The highest BCUT2D eigenvalue weighted by atomic mass is 32.2.